The Hall–Kier alpha value is -2.02. The van der Waals surface area contributed by atoms with Gasteiger partial charge in [-0.15, -0.1) is 0 Å². The maximum Gasteiger partial charge on any atom is 0.328 e. The van der Waals surface area contributed by atoms with Crippen molar-refractivity contribution in [2.45, 2.75) is 39.3 Å². The van der Waals surface area contributed by atoms with E-state index in [-0.39, 0.29) is 24.4 Å². The van der Waals surface area contributed by atoms with E-state index in [9.17, 15) is 18.4 Å². The minimum Gasteiger partial charge on any atom is -0.467 e. The van der Waals surface area contributed by atoms with Crippen LogP contribution in [-0.2, 0) is 14.3 Å². The van der Waals surface area contributed by atoms with Crippen molar-refractivity contribution in [3.05, 3.63) is 35.4 Å². The molecule has 1 N–H and O–H groups in total. The van der Waals surface area contributed by atoms with Crippen LogP contribution in [0.25, 0.3) is 0 Å². The molecule has 7 heteroatoms. The van der Waals surface area contributed by atoms with Crippen molar-refractivity contribution in [2.75, 3.05) is 20.7 Å². The zero-order valence-electron chi connectivity index (χ0n) is 15.3. The fraction of sp³-hybridized carbons (Fsp3) is 0.556. The van der Waals surface area contributed by atoms with Gasteiger partial charge in [0.05, 0.1) is 13.7 Å². The van der Waals surface area contributed by atoms with Crippen molar-refractivity contribution in [1.82, 2.24) is 10.2 Å². The standard InChI is InChI=1S/C18H26F2N2O3/c1-6-11(2)17(18(24)25-5)21-16(23)10-22(4)12(3)13-7-8-14(19)15(20)9-13/h7-9,11-12,17H,6,10H2,1-5H3,(H,21,23). The van der Waals surface area contributed by atoms with Gasteiger partial charge in [0.2, 0.25) is 5.91 Å². The molecule has 1 amide bonds. The topological polar surface area (TPSA) is 58.6 Å². The third-order valence-electron chi connectivity index (χ3n) is 4.46. The number of carbonyl (C=O) groups is 2. The van der Waals surface area contributed by atoms with Crippen molar-refractivity contribution < 1.29 is 23.1 Å². The minimum absolute atomic E-state index is 0.00406. The molecule has 0 spiro atoms. The second-order valence-electron chi connectivity index (χ2n) is 6.22. The first-order valence-electron chi connectivity index (χ1n) is 8.23. The van der Waals surface area contributed by atoms with E-state index in [1.165, 1.54) is 13.2 Å². The molecule has 0 aliphatic carbocycles. The second-order valence-corrected chi connectivity index (χ2v) is 6.22. The molecule has 1 aromatic carbocycles. The molecule has 0 aromatic heterocycles. The maximum absolute atomic E-state index is 13.4. The Morgan fingerprint density at radius 2 is 1.88 bits per heavy atom. The van der Waals surface area contributed by atoms with Crippen LogP contribution in [0, 0.1) is 17.6 Å². The van der Waals surface area contributed by atoms with E-state index < -0.39 is 23.6 Å². The molecule has 0 saturated carbocycles. The molecule has 5 nitrogen and oxygen atoms in total. The number of likely N-dealkylation sites (N-methyl/N-ethyl adjacent to an activating group) is 1. The summed E-state index contributed by atoms with van der Waals surface area (Å²) in [6.45, 7) is 5.57. The summed E-state index contributed by atoms with van der Waals surface area (Å²) >= 11 is 0. The molecular weight excluding hydrogens is 330 g/mol. The molecule has 1 aromatic rings. The molecule has 3 unspecified atom stereocenters. The van der Waals surface area contributed by atoms with Crippen LogP contribution >= 0.6 is 0 Å². The van der Waals surface area contributed by atoms with Crippen molar-refractivity contribution >= 4 is 11.9 Å². The molecule has 3 atom stereocenters. The smallest absolute Gasteiger partial charge is 0.328 e. The first-order valence-corrected chi connectivity index (χ1v) is 8.23. The van der Waals surface area contributed by atoms with Crippen LogP contribution < -0.4 is 5.32 Å². The number of hydrogen-bond acceptors (Lipinski definition) is 4. The molecule has 140 valence electrons. The summed E-state index contributed by atoms with van der Waals surface area (Å²) < 4.78 is 31.1. The summed E-state index contributed by atoms with van der Waals surface area (Å²) in [6.07, 6.45) is 0.709. The van der Waals surface area contributed by atoms with Gasteiger partial charge in [-0.1, -0.05) is 26.3 Å². The van der Waals surface area contributed by atoms with Crippen LogP contribution in [0.15, 0.2) is 18.2 Å². The van der Waals surface area contributed by atoms with Gasteiger partial charge in [0, 0.05) is 6.04 Å². The predicted octanol–water partition coefficient (Wildman–Crippen LogP) is 2.66. The van der Waals surface area contributed by atoms with E-state index in [1.807, 2.05) is 13.8 Å². The number of carbonyl (C=O) groups excluding carboxylic acids is 2. The van der Waals surface area contributed by atoms with Crippen LogP contribution in [-0.4, -0.2) is 43.5 Å². The highest BCUT2D eigenvalue weighted by molar-refractivity contribution is 5.85. The number of ether oxygens (including phenoxy) is 1. The van der Waals surface area contributed by atoms with E-state index in [2.05, 4.69) is 5.32 Å². The number of hydrogen-bond donors (Lipinski definition) is 1. The number of nitrogens with zero attached hydrogens (tertiary/aromatic N) is 1. The average molecular weight is 356 g/mol. The summed E-state index contributed by atoms with van der Waals surface area (Å²) in [5, 5.41) is 2.69. The van der Waals surface area contributed by atoms with Gasteiger partial charge in [-0.2, -0.15) is 0 Å². The van der Waals surface area contributed by atoms with E-state index in [0.29, 0.717) is 12.0 Å². The zero-order chi connectivity index (χ0) is 19.1. The zero-order valence-corrected chi connectivity index (χ0v) is 15.3. The highest BCUT2D eigenvalue weighted by Gasteiger charge is 2.27. The van der Waals surface area contributed by atoms with E-state index in [4.69, 9.17) is 4.74 Å². The van der Waals surface area contributed by atoms with Crippen molar-refractivity contribution in [1.29, 1.82) is 0 Å². The van der Waals surface area contributed by atoms with E-state index in [1.54, 1.807) is 18.9 Å². The molecule has 0 bridgehead atoms. The number of esters is 1. The number of benzene rings is 1. The van der Waals surface area contributed by atoms with E-state index >= 15 is 0 Å². The molecule has 0 saturated heterocycles. The fourth-order valence-corrected chi connectivity index (χ4v) is 2.41. The van der Waals surface area contributed by atoms with Crippen LogP contribution in [0.2, 0.25) is 0 Å². The largest absolute Gasteiger partial charge is 0.467 e. The SMILES string of the molecule is CCC(C)C(NC(=O)CN(C)C(C)c1ccc(F)c(F)c1)C(=O)OC. The van der Waals surface area contributed by atoms with Gasteiger partial charge < -0.3 is 10.1 Å². The molecule has 0 aliphatic heterocycles. The van der Waals surface area contributed by atoms with Gasteiger partial charge in [0.15, 0.2) is 11.6 Å². The van der Waals surface area contributed by atoms with Crippen molar-refractivity contribution in [3.63, 3.8) is 0 Å². The summed E-state index contributed by atoms with van der Waals surface area (Å²) in [7, 11) is 2.98. The average Bonchev–Trinajstić information content (AvgIpc) is 2.59. The third-order valence-corrected chi connectivity index (χ3v) is 4.46. The number of rotatable bonds is 8. The Kier molecular flexibility index (Phi) is 7.96. The predicted molar refractivity (Wildman–Crippen MR) is 90.8 cm³/mol. The highest BCUT2D eigenvalue weighted by Crippen LogP contribution is 2.20. The molecular formula is C18H26F2N2O3. The Morgan fingerprint density at radius 3 is 2.40 bits per heavy atom. The Labute approximate surface area is 147 Å². The maximum atomic E-state index is 13.4. The number of halogens is 2. The second kappa shape index (κ2) is 9.46. The van der Waals surface area contributed by atoms with Gasteiger partial charge in [0.1, 0.15) is 6.04 Å². The summed E-state index contributed by atoms with van der Waals surface area (Å²) in [6, 6.07) is 2.64. The van der Waals surface area contributed by atoms with Crippen LogP contribution in [0.1, 0.15) is 38.8 Å². The van der Waals surface area contributed by atoms with Gasteiger partial charge in [0.25, 0.3) is 0 Å². The van der Waals surface area contributed by atoms with E-state index in [0.717, 1.165) is 12.1 Å². The van der Waals surface area contributed by atoms with Gasteiger partial charge in [-0.05, 0) is 37.6 Å². The summed E-state index contributed by atoms with van der Waals surface area (Å²) in [4.78, 5) is 25.8. The Bertz CT molecular complexity index is 610. The first-order chi connectivity index (χ1) is 11.7. The lowest BCUT2D eigenvalue weighted by molar-refractivity contribution is -0.146. The lowest BCUT2D eigenvalue weighted by atomic mass is 9.99. The lowest BCUT2D eigenvalue weighted by Gasteiger charge is -2.27. The van der Waals surface area contributed by atoms with Gasteiger partial charge >= 0.3 is 5.97 Å². The molecule has 0 fully saturated rings. The lowest BCUT2D eigenvalue weighted by Crippen LogP contribution is -2.48. The van der Waals surface area contributed by atoms with Crippen LogP contribution in [0.3, 0.4) is 0 Å². The molecule has 25 heavy (non-hydrogen) atoms. The van der Waals surface area contributed by atoms with Crippen molar-refractivity contribution in [3.8, 4) is 0 Å². The molecule has 0 aliphatic rings. The van der Waals surface area contributed by atoms with Crippen molar-refractivity contribution in [2.24, 2.45) is 5.92 Å². The highest BCUT2D eigenvalue weighted by atomic mass is 19.2. The van der Waals surface area contributed by atoms with Crippen LogP contribution in [0.4, 0.5) is 8.78 Å². The normalized spacial score (nSPS) is 14.7. The van der Waals surface area contributed by atoms with Gasteiger partial charge in [-0.3, -0.25) is 9.69 Å². The monoisotopic (exact) mass is 356 g/mol. The summed E-state index contributed by atoms with van der Waals surface area (Å²) in [5.74, 6) is -2.73. The first kappa shape index (κ1) is 21.0. The number of nitrogens with one attached hydrogen (secondary N) is 1. The minimum atomic E-state index is -0.926. The molecule has 1 rings (SSSR count). The summed E-state index contributed by atoms with van der Waals surface area (Å²) in [5.41, 5.74) is 0.556. The quantitative estimate of drug-likeness (QED) is 0.728. The Balaban J connectivity index is 2.73. The van der Waals surface area contributed by atoms with Gasteiger partial charge in [-0.25, -0.2) is 13.6 Å². The number of amides is 1. The van der Waals surface area contributed by atoms with Crippen LogP contribution in [0.5, 0.6) is 0 Å². The Morgan fingerprint density at radius 1 is 1.24 bits per heavy atom. The third kappa shape index (κ3) is 5.77. The fourth-order valence-electron chi connectivity index (χ4n) is 2.41. The number of methoxy groups -OCH3 is 1. The molecule has 0 heterocycles. The molecule has 0 radical (unpaired) electrons.